The maximum absolute atomic E-state index is 3.81. The van der Waals surface area contributed by atoms with Gasteiger partial charge in [0.25, 0.3) is 0 Å². The van der Waals surface area contributed by atoms with Crippen LogP contribution >= 0.6 is 0 Å². The number of hydrogen-bond acceptors (Lipinski definition) is 2. The monoisotopic (exact) mass is 250 g/mol. The van der Waals surface area contributed by atoms with Gasteiger partial charge in [-0.3, -0.25) is 0 Å². The highest BCUT2D eigenvalue weighted by Gasteiger charge is 2.35. The quantitative estimate of drug-likeness (QED) is 0.747. The molecule has 3 rings (SSSR count). The molecular weight excluding hydrogens is 220 g/mol. The second-order valence-electron chi connectivity index (χ2n) is 7.36. The first-order valence-corrected chi connectivity index (χ1v) is 8.18. The Kier molecular flexibility index (Phi) is 3.95. The number of nitrogens with one attached hydrogen (secondary N) is 1. The highest BCUT2D eigenvalue weighted by Crippen LogP contribution is 2.38. The molecule has 3 fully saturated rings. The van der Waals surface area contributed by atoms with E-state index in [9.17, 15) is 0 Å². The normalized spacial score (nSPS) is 27.7. The molecule has 0 radical (unpaired) electrons. The zero-order valence-electron chi connectivity index (χ0n) is 12.1. The summed E-state index contributed by atoms with van der Waals surface area (Å²) in [5.41, 5.74) is 0.602. The van der Waals surface area contributed by atoms with E-state index in [0.717, 1.165) is 12.0 Å². The Bertz CT molecular complexity index is 262. The van der Waals surface area contributed by atoms with Gasteiger partial charge in [0.1, 0.15) is 0 Å². The van der Waals surface area contributed by atoms with Gasteiger partial charge in [-0.25, -0.2) is 0 Å². The maximum Gasteiger partial charge on any atom is 0.00684 e. The molecule has 1 N–H and O–H groups in total. The third-order valence-corrected chi connectivity index (χ3v) is 5.13. The molecule has 0 heterocycles. The maximum atomic E-state index is 3.81. The van der Waals surface area contributed by atoms with Gasteiger partial charge in [-0.1, -0.05) is 19.3 Å². The molecular formula is C16H30N2. The van der Waals surface area contributed by atoms with Gasteiger partial charge in [0.15, 0.2) is 0 Å². The minimum atomic E-state index is 0.602. The molecule has 0 atom stereocenters. The fourth-order valence-electron chi connectivity index (χ4n) is 3.72. The third kappa shape index (κ3) is 3.71. The SMILES string of the molecule is CN(CC1CC1)CC1(CNC2CC2)CCCCC1. The van der Waals surface area contributed by atoms with Gasteiger partial charge >= 0.3 is 0 Å². The van der Waals surface area contributed by atoms with E-state index in [2.05, 4.69) is 17.3 Å². The van der Waals surface area contributed by atoms with Crippen LogP contribution in [0.15, 0.2) is 0 Å². The minimum Gasteiger partial charge on any atom is -0.313 e. The van der Waals surface area contributed by atoms with E-state index in [4.69, 9.17) is 0 Å². The molecule has 0 saturated heterocycles. The molecule has 0 spiro atoms. The molecule has 2 heteroatoms. The Morgan fingerprint density at radius 3 is 2.39 bits per heavy atom. The van der Waals surface area contributed by atoms with Crippen molar-refractivity contribution in [1.29, 1.82) is 0 Å². The average molecular weight is 250 g/mol. The van der Waals surface area contributed by atoms with Crippen molar-refractivity contribution >= 4 is 0 Å². The zero-order valence-corrected chi connectivity index (χ0v) is 12.1. The smallest absolute Gasteiger partial charge is 0.00684 e. The van der Waals surface area contributed by atoms with Crippen LogP contribution in [0.3, 0.4) is 0 Å². The largest absolute Gasteiger partial charge is 0.313 e. The van der Waals surface area contributed by atoms with E-state index in [-0.39, 0.29) is 0 Å². The van der Waals surface area contributed by atoms with Crippen LogP contribution in [0.25, 0.3) is 0 Å². The van der Waals surface area contributed by atoms with E-state index in [1.54, 1.807) is 0 Å². The summed E-state index contributed by atoms with van der Waals surface area (Å²) in [6, 6.07) is 0.873. The summed E-state index contributed by atoms with van der Waals surface area (Å²) < 4.78 is 0. The van der Waals surface area contributed by atoms with E-state index in [1.165, 1.54) is 77.4 Å². The third-order valence-electron chi connectivity index (χ3n) is 5.13. The standard InChI is InChI=1S/C16H30N2/c1-18(11-14-5-6-14)13-16(9-3-2-4-10-16)12-17-15-7-8-15/h14-15,17H,2-13H2,1H3. The lowest BCUT2D eigenvalue weighted by Gasteiger charge is -2.40. The molecule has 0 aromatic carbocycles. The molecule has 104 valence electrons. The predicted molar refractivity (Wildman–Crippen MR) is 76.8 cm³/mol. The Morgan fingerprint density at radius 1 is 1.06 bits per heavy atom. The summed E-state index contributed by atoms with van der Waals surface area (Å²) in [5, 5.41) is 3.81. The number of rotatable bonds is 7. The van der Waals surface area contributed by atoms with E-state index < -0.39 is 0 Å². The van der Waals surface area contributed by atoms with Crippen molar-refractivity contribution in [3.8, 4) is 0 Å². The summed E-state index contributed by atoms with van der Waals surface area (Å²) >= 11 is 0. The molecule has 0 amide bonds. The van der Waals surface area contributed by atoms with Gasteiger partial charge < -0.3 is 10.2 Å². The lowest BCUT2D eigenvalue weighted by molar-refractivity contribution is 0.114. The van der Waals surface area contributed by atoms with Crippen molar-refractivity contribution in [1.82, 2.24) is 10.2 Å². The van der Waals surface area contributed by atoms with Gasteiger partial charge in [-0.05, 0) is 56.9 Å². The molecule has 18 heavy (non-hydrogen) atoms. The Morgan fingerprint density at radius 2 is 1.78 bits per heavy atom. The first-order valence-electron chi connectivity index (χ1n) is 8.18. The van der Waals surface area contributed by atoms with Crippen LogP contribution in [0, 0.1) is 11.3 Å². The minimum absolute atomic E-state index is 0.602. The van der Waals surface area contributed by atoms with Crippen LogP contribution < -0.4 is 5.32 Å². The molecule has 2 nitrogen and oxygen atoms in total. The van der Waals surface area contributed by atoms with Crippen LogP contribution in [0.5, 0.6) is 0 Å². The van der Waals surface area contributed by atoms with Gasteiger partial charge in [-0.2, -0.15) is 0 Å². The van der Waals surface area contributed by atoms with Crippen molar-refractivity contribution in [2.45, 2.75) is 63.8 Å². The lowest BCUT2D eigenvalue weighted by atomic mass is 9.73. The van der Waals surface area contributed by atoms with Gasteiger partial charge in [0.05, 0.1) is 0 Å². The van der Waals surface area contributed by atoms with E-state index in [0.29, 0.717) is 5.41 Å². The van der Waals surface area contributed by atoms with Crippen LogP contribution in [-0.4, -0.2) is 37.6 Å². The molecule has 3 aliphatic rings. The second kappa shape index (κ2) is 5.50. The topological polar surface area (TPSA) is 15.3 Å². The van der Waals surface area contributed by atoms with Crippen LogP contribution in [0.4, 0.5) is 0 Å². The van der Waals surface area contributed by atoms with Gasteiger partial charge in [0, 0.05) is 25.7 Å². The fourth-order valence-corrected chi connectivity index (χ4v) is 3.72. The Balaban J connectivity index is 1.52. The molecule has 0 aromatic rings. The summed E-state index contributed by atoms with van der Waals surface area (Å²) in [6.07, 6.45) is 13.1. The van der Waals surface area contributed by atoms with Crippen LogP contribution in [0.1, 0.15) is 57.8 Å². The van der Waals surface area contributed by atoms with E-state index >= 15 is 0 Å². The van der Waals surface area contributed by atoms with Crippen molar-refractivity contribution in [2.24, 2.45) is 11.3 Å². The lowest BCUT2D eigenvalue weighted by Crippen LogP contribution is -2.45. The van der Waals surface area contributed by atoms with Crippen molar-refractivity contribution in [3.63, 3.8) is 0 Å². The van der Waals surface area contributed by atoms with E-state index in [1.807, 2.05) is 0 Å². The molecule has 3 saturated carbocycles. The highest BCUT2D eigenvalue weighted by atomic mass is 15.1. The van der Waals surface area contributed by atoms with Gasteiger partial charge in [0.2, 0.25) is 0 Å². The predicted octanol–water partition coefficient (Wildman–Crippen LogP) is 3.03. The molecule has 3 aliphatic carbocycles. The highest BCUT2D eigenvalue weighted by molar-refractivity contribution is 4.91. The number of hydrogen-bond donors (Lipinski definition) is 1. The van der Waals surface area contributed by atoms with Crippen molar-refractivity contribution in [2.75, 3.05) is 26.7 Å². The molecule has 0 bridgehead atoms. The molecule has 0 unspecified atom stereocenters. The number of nitrogens with zero attached hydrogens (tertiary/aromatic N) is 1. The molecule has 0 aliphatic heterocycles. The molecule has 0 aromatic heterocycles. The van der Waals surface area contributed by atoms with Gasteiger partial charge in [-0.15, -0.1) is 0 Å². The summed E-state index contributed by atoms with van der Waals surface area (Å²) in [7, 11) is 2.35. The first kappa shape index (κ1) is 12.9. The average Bonchev–Trinajstić information content (AvgIpc) is 3.23. The van der Waals surface area contributed by atoms with Crippen LogP contribution in [0.2, 0.25) is 0 Å². The summed E-state index contributed by atoms with van der Waals surface area (Å²) in [6.45, 7) is 3.97. The van der Waals surface area contributed by atoms with Crippen molar-refractivity contribution in [3.05, 3.63) is 0 Å². The fraction of sp³-hybridized carbons (Fsp3) is 1.00. The van der Waals surface area contributed by atoms with Crippen LogP contribution in [-0.2, 0) is 0 Å². The Labute approximate surface area is 113 Å². The second-order valence-corrected chi connectivity index (χ2v) is 7.36. The zero-order chi connectivity index (χ0) is 12.4. The summed E-state index contributed by atoms with van der Waals surface area (Å²) in [5.74, 6) is 1.03. The summed E-state index contributed by atoms with van der Waals surface area (Å²) in [4.78, 5) is 2.64. The Hall–Kier alpha value is -0.0800. The first-order chi connectivity index (χ1) is 8.76. The van der Waals surface area contributed by atoms with Crippen molar-refractivity contribution < 1.29 is 0 Å².